The molecule has 0 bridgehead atoms. The maximum atomic E-state index is 13.7. The minimum absolute atomic E-state index is 0.00339. The van der Waals surface area contributed by atoms with Crippen molar-refractivity contribution < 1.29 is 62.7 Å². The minimum atomic E-state index is -3.07. The maximum Gasteiger partial charge on any atom is 0.250 e. The molecular formula is C118H151F3N10O10. The first kappa shape index (κ1) is 100. The van der Waals surface area contributed by atoms with Crippen LogP contribution in [0, 0.1) is 59.2 Å². The molecule has 18 unspecified atom stereocenters. The van der Waals surface area contributed by atoms with E-state index in [1.807, 2.05) is 20.0 Å². The van der Waals surface area contributed by atoms with Gasteiger partial charge < -0.3 is 58.2 Å². The number of benzene rings is 5. The van der Waals surface area contributed by atoms with Gasteiger partial charge in [0.15, 0.2) is 0 Å². The van der Waals surface area contributed by atoms with Gasteiger partial charge in [0.05, 0.1) is 12.5 Å². The van der Waals surface area contributed by atoms with Gasteiger partial charge in [-0.2, -0.15) is 0 Å². The van der Waals surface area contributed by atoms with Crippen LogP contribution in [0.5, 0.6) is 0 Å². The average Bonchev–Trinajstić information content (AvgIpc) is 1.55. The van der Waals surface area contributed by atoms with E-state index in [1.54, 1.807) is 11.3 Å². The number of carbonyl (C=O) groups is 5. The molecule has 10 aromatic rings. The number of hydrogen-bond donors (Lipinski definition) is 5. The van der Waals surface area contributed by atoms with Crippen molar-refractivity contribution in [2.75, 3.05) is 101 Å². The van der Waals surface area contributed by atoms with Crippen LogP contribution in [0.25, 0.3) is 71.2 Å². The summed E-state index contributed by atoms with van der Waals surface area (Å²) in [7, 11) is 14.9. The Hall–Kier alpha value is -9.24. The molecule has 141 heavy (non-hydrogen) atoms. The number of ketones is 5. The number of Topliss-reactive ketones (excluding diaryl/α,β-unsaturated/α-hetero) is 5. The number of nitrogens with zero attached hydrogens (tertiary/aromatic N) is 10. The second-order valence-electron chi connectivity index (χ2n) is 45.4. The SMILES string of the molecule is CC(F)C(CO)CC(=O)C1C=C2c3cccc4c3c(c3n4CCC3)CC2N(C)C1.CCC(CO)CC(=O)C1C=C2c3cccc4c3c(cn4C)CC2N(C)C1.CCC(CO)CC(=O)C1CN(C)C2Cc3c4n(c5cccc(c35)C2(C)C1)CCC4.CCC(CO)CC(=O)C1CN(C)C2Cc3cn(C)c4cccc(c34)C2(C)C1.CN1CC(C(=O)CC(CO)C(C)(F)F)C=C2c3cccc4c3c(c3n4CCC3)CC21. The fourth-order valence-corrected chi connectivity index (χ4v) is 28.6. The lowest BCUT2D eigenvalue weighted by molar-refractivity contribution is -0.129. The van der Waals surface area contributed by atoms with Crippen LogP contribution in [0.4, 0.5) is 13.2 Å². The largest absolute Gasteiger partial charge is 0.396 e. The first-order valence-electron chi connectivity index (χ1n) is 53.1. The molecule has 8 aliphatic heterocycles. The van der Waals surface area contributed by atoms with Gasteiger partial charge in [0, 0.05) is 286 Å². The highest BCUT2D eigenvalue weighted by Crippen LogP contribution is 2.55. The number of aliphatic hydroxyl groups excluding tert-OH is 5. The standard InChI is InChI=1S/C25H34N2O2.C24H28F2N2O2.C24H29FN2O2.C23H32N2O2.C22H28N2O2/c1-4-16(15-28)11-22(29)17-13-25(2)19-7-5-8-21-24(19)18(12-23(25)26(3)14-17)20-9-6-10-27(20)21;1-24(25,26)15(13-29)10-22(30)14-9-17-16-5-3-6-20-23(16)18(11-21(17)27(2)12-14)19-7-4-8-28(19)20;1-14(25)16(13-28)10-23(29)15-9-18-17-5-3-6-21-24(17)19(11-22(18)26(2)12-15)20-7-4-8-27(20)21;1-5-15(14-26)9-20(27)17-11-23(2)18-7-6-8-19-22(18)16(12-24(19)3)10-21(23)25(4)13-17;1-4-14(13-25)8-21(26)15-9-18-17-6-5-7-19-22(17)16(12-23(19)2)10-20(18)24(3)11-15/h5,7-8,16-17,23,28H,4,6,9-15H2,1-3H3;3,5-6,9,14-15,21,29H,4,7-8,10-13H2,1-2H3;3,5-6,9,14-16,22,28H,4,7-8,10-13H2,1-2H3;6-8,12,15,17,21,26H,5,9-11,13-14H2,1-4H3;5-7,9,12,14-15,20,25H,4,8,10-11,13H2,1-3H3. The van der Waals surface area contributed by atoms with Crippen molar-refractivity contribution >= 4 is 100 Å². The van der Waals surface area contributed by atoms with Gasteiger partial charge in [0.1, 0.15) is 35.1 Å². The van der Waals surface area contributed by atoms with Gasteiger partial charge in [-0.3, -0.25) is 38.7 Å². The second-order valence-corrected chi connectivity index (χ2v) is 45.4. The molecule has 13 heterocycles. The van der Waals surface area contributed by atoms with E-state index in [1.165, 1.54) is 160 Å². The molecule has 5 N–H and O–H groups in total. The summed E-state index contributed by atoms with van der Waals surface area (Å²) in [4.78, 5) is 76.6. The Labute approximate surface area is 830 Å². The zero-order chi connectivity index (χ0) is 99.6. The summed E-state index contributed by atoms with van der Waals surface area (Å²) < 4.78 is 53.1. The number of hydrogen-bond acceptors (Lipinski definition) is 15. The highest BCUT2D eigenvalue weighted by Gasteiger charge is 2.54. The Bertz CT molecular complexity index is 6560. The van der Waals surface area contributed by atoms with Crippen molar-refractivity contribution in [3.05, 3.63) is 194 Å². The Morgan fingerprint density at radius 3 is 1.18 bits per heavy atom. The molecule has 0 saturated carbocycles. The number of piperidine rings is 2. The van der Waals surface area contributed by atoms with Crippen molar-refractivity contribution in [2.45, 2.75) is 256 Å². The van der Waals surface area contributed by atoms with Crippen molar-refractivity contribution in [3.8, 4) is 0 Å². The summed E-state index contributed by atoms with van der Waals surface area (Å²) in [6.45, 7) is 19.4. The van der Waals surface area contributed by atoms with Crippen molar-refractivity contribution in [1.82, 2.24) is 47.3 Å². The van der Waals surface area contributed by atoms with Crippen LogP contribution < -0.4 is 0 Å². The minimum Gasteiger partial charge on any atom is -0.396 e. The molecule has 23 heteroatoms. The zero-order valence-corrected chi connectivity index (χ0v) is 85.7. The molecule has 5 aromatic carbocycles. The van der Waals surface area contributed by atoms with E-state index in [-0.39, 0.29) is 115 Å². The molecule has 0 spiro atoms. The lowest BCUT2D eigenvalue weighted by Gasteiger charge is -2.52. The Balaban J connectivity index is 0.000000112. The molecule has 2 saturated heterocycles. The average molecular weight is 1930 g/mol. The number of fused-ring (bicyclic) bond motifs is 19. The van der Waals surface area contributed by atoms with Crippen LogP contribution in [0.2, 0.25) is 0 Å². The number of aryl methyl sites for hydroxylation is 5. The third-order valence-electron chi connectivity index (χ3n) is 36.7. The molecule has 18 atom stereocenters. The van der Waals surface area contributed by atoms with E-state index in [0.29, 0.717) is 68.1 Å². The van der Waals surface area contributed by atoms with Crippen LogP contribution in [-0.2, 0) is 120 Å². The van der Waals surface area contributed by atoms with Crippen LogP contribution in [0.3, 0.4) is 0 Å². The highest BCUT2D eigenvalue weighted by atomic mass is 19.3. The van der Waals surface area contributed by atoms with Gasteiger partial charge >= 0.3 is 0 Å². The summed E-state index contributed by atoms with van der Waals surface area (Å²) in [6.07, 6.45) is 27.7. The number of halogens is 3. The van der Waals surface area contributed by atoms with Crippen LogP contribution >= 0.6 is 0 Å². The quantitative estimate of drug-likeness (QED) is 0.0359. The molecule has 23 rings (SSSR count). The van der Waals surface area contributed by atoms with E-state index in [9.17, 15) is 62.7 Å². The molecule has 0 radical (unpaired) electrons. The topological polar surface area (TPSA) is 227 Å². The predicted octanol–water partition coefficient (Wildman–Crippen LogP) is 17.1. The molecule has 2 fully saturated rings. The number of aliphatic hydroxyl groups is 5. The van der Waals surface area contributed by atoms with E-state index in [0.717, 1.165) is 129 Å². The monoisotopic (exact) mass is 1930 g/mol. The number of aromatic nitrogens is 5. The highest BCUT2D eigenvalue weighted by molar-refractivity contribution is 6.04. The zero-order valence-electron chi connectivity index (χ0n) is 85.7. The van der Waals surface area contributed by atoms with Gasteiger partial charge in [0.2, 0.25) is 0 Å². The first-order chi connectivity index (χ1) is 67.7. The first-order valence-corrected chi connectivity index (χ1v) is 53.1. The van der Waals surface area contributed by atoms with E-state index >= 15 is 0 Å². The number of rotatable bonds is 25. The second kappa shape index (κ2) is 40.3. The van der Waals surface area contributed by atoms with Gasteiger partial charge in [-0.1, -0.05) is 133 Å². The molecule has 5 aromatic heterocycles. The molecule has 0 amide bonds. The smallest absolute Gasteiger partial charge is 0.250 e. The van der Waals surface area contributed by atoms with Crippen LogP contribution in [0.15, 0.2) is 122 Å². The normalized spacial score (nSPS) is 26.4. The summed E-state index contributed by atoms with van der Waals surface area (Å²) in [6, 6.07) is 34.7. The molecular weight excluding hydrogens is 1770 g/mol. The molecule has 13 aliphatic rings. The molecule has 754 valence electrons. The predicted molar refractivity (Wildman–Crippen MR) is 556 cm³/mol. The fourth-order valence-electron chi connectivity index (χ4n) is 28.6. The molecule has 20 nitrogen and oxygen atoms in total. The summed E-state index contributed by atoms with van der Waals surface area (Å²) in [5.74, 6) is -4.61. The fraction of sp³-hybridized carbons (Fsp3) is 0.568. The van der Waals surface area contributed by atoms with Gasteiger partial charge in [-0.25, -0.2) is 13.2 Å². The number of likely N-dealkylation sites (tertiary alicyclic amines) is 2. The van der Waals surface area contributed by atoms with E-state index < -0.39 is 36.5 Å². The van der Waals surface area contributed by atoms with Gasteiger partial charge in [0.25, 0.3) is 5.92 Å². The maximum absolute atomic E-state index is 13.7. The Morgan fingerprint density at radius 1 is 0.411 bits per heavy atom. The number of likely N-dealkylation sites (N-methyl/N-ethyl adjacent to an activating group) is 5. The summed E-state index contributed by atoms with van der Waals surface area (Å²) in [5.41, 5.74) is 28.7. The van der Waals surface area contributed by atoms with Gasteiger partial charge in [-0.05, 0) is 253 Å². The van der Waals surface area contributed by atoms with E-state index in [4.69, 9.17) is 0 Å². The lowest BCUT2D eigenvalue weighted by atomic mass is 9.61. The Morgan fingerprint density at radius 2 is 0.773 bits per heavy atom. The Kier molecular flexibility index (Phi) is 28.7. The number of carbonyl (C=O) groups excluding carboxylic acids is 5. The third kappa shape index (κ3) is 18.0. The summed E-state index contributed by atoms with van der Waals surface area (Å²) in [5, 5.41) is 54.2. The van der Waals surface area contributed by atoms with Crippen molar-refractivity contribution in [2.24, 2.45) is 73.3 Å². The lowest BCUT2D eigenvalue weighted by Crippen LogP contribution is -2.58. The van der Waals surface area contributed by atoms with Crippen LogP contribution in [-0.4, -0.2) is 245 Å². The van der Waals surface area contributed by atoms with E-state index in [2.05, 4.69) is 233 Å². The van der Waals surface area contributed by atoms with Crippen LogP contribution in [0.1, 0.15) is 205 Å². The summed E-state index contributed by atoms with van der Waals surface area (Å²) >= 11 is 0. The van der Waals surface area contributed by atoms with Crippen molar-refractivity contribution in [1.29, 1.82) is 0 Å². The van der Waals surface area contributed by atoms with Gasteiger partial charge in [-0.15, -0.1) is 0 Å². The molecule has 5 aliphatic carbocycles. The van der Waals surface area contributed by atoms with Crippen molar-refractivity contribution in [3.63, 3.8) is 0 Å². The third-order valence-corrected chi connectivity index (χ3v) is 36.7. The number of alkyl halides is 3.